The van der Waals surface area contributed by atoms with Gasteiger partial charge in [-0.2, -0.15) is 0 Å². The molecule has 1 fully saturated rings. The maximum Gasteiger partial charge on any atom is 0.163 e. The van der Waals surface area contributed by atoms with Gasteiger partial charge in [0, 0.05) is 17.6 Å². The van der Waals surface area contributed by atoms with Gasteiger partial charge < -0.3 is 14.6 Å². The van der Waals surface area contributed by atoms with Crippen LogP contribution in [-0.2, 0) is 4.79 Å². The number of carbonyl (C=O) groups excluding carboxylic acids is 1. The van der Waals surface area contributed by atoms with Gasteiger partial charge in [-0.3, -0.25) is 4.79 Å². The largest absolute Gasteiger partial charge is 0.497 e. The lowest BCUT2D eigenvalue weighted by Crippen LogP contribution is -2.46. The summed E-state index contributed by atoms with van der Waals surface area (Å²) in [6, 6.07) is 5.44. The highest BCUT2D eigenvalue weighted by atomic mass is 16.5. The molecule has 4 heteroatoms. The molecule has 0 amide bonds. The predicted molar refractivity (Wildman–Crippen MR) is 70.2 cm³/mol. The Hall–Kier alpha value is -1.81. The third-order valence-corrected chi connectivity index (χ3v) is 3.81. The summed E-state index contributed by atoms with van der Waals surface area (Å²) in [7, 11) is 1.60. The number of ketones is 1. The van der Waals surface area contributed by atoms with Crippen LogP contribution in [0.5, 0.6) is 11.5 Å². The normalized spacial score (nSPS) is 28.9. The monoisotopic (exact) mass is 260 g/mol. The second-order valence-corrected chi connectivity index (χ2v) is 5.14. The van der Waals surface area contributed by atoms with Gasteiger partial charge >= 0.3 is 0 Å². The number of rotatable bonds is 1. The van der Waals surface area contributed by atoms with Crippen molar-refractivity contribution in [2.45, 2.75) is 25.6 Å². The van der Waals surface area contributed by atoms with E-state index in [1.165, 1.54) is 0 Å². The van der Waals surface area contributed by atoms with Crippen LogP contribution < -0.4 is 9.47 Å². The summed E-state index contributed by atoms with van der Waals surface area (Å²) >= 11 is 0. The minimum atomic E-state index is -0.640. The topological polar surface area (TPSA) is 55.8 Å². The van der Waals surface area contributed by atoms with Crippen LogP contribution in [0.3, 0.4) is 0 Å². The Bertz CT molecular complexity index is 561. The van der Waals surface area contributed by atoms with Crippen molar-refractivity contribution >= 4 is 11.9 Å². The Morgan fingerprint density at radius 3 is 2.95 bits per heavy atom. The zero-order valence-corrected chi connectivity index (χ0v) is 10.9. The van der Waals surface area contributed by atoms with Crippen LogP contribution in [0.15, 0.2) is 23.8 Å². The number of aliphatic hydroxyl groups is 1. The molecule has 1 aliphatic heterocycles. The van der Waals surface area contributed by atoms with Gasteiger partial charge in [-0.05, 0) is 30.2 Å². The van der Waals surface area contributed by atoms with Crippen LogP contribution in [0.4, 0.5) is 0 Å². The average Bonchev–Trinajstić information content (AvgIpc) is 2.42. The molecule has 2 aliphatic rings. The van der Waals surface area contributed by atoms with E-state index in [4.69, 9.17) is 9.47 Å². The first kappa shape index (κ1) is 12.2. The SMILES string of the molecule is COc1ccc2c(c1)C=C1C(=O)C[C@@H](C)[C@H](O)[C@@H]1O2. The Morgan fingerprint density at radius 2 is 2.21 bits per heavy atom. The summed E-state index contributed by atoms with van der Waals surface area (Å²) in [4.78, 5) is 12.1. The van der Waals surface area contributed by atoms with Gasteiger partial charge in [-0.1, -0.05) is 6.92 Å². The minimum Gasteiger partial charge on any atom is -0.497 e. The van der Waals surface area contributed by atoms with E-state index in [0.717, 1.165) is 11.3 Å². The van der Waals surface area contributed by atoms with Crippen LogP contribution in [0.2, 0.25) is 0 Å². The standard InChI is InChI=1S/C15H16O4/c1-8-5-12(16)11-7-9-6-10(18-2)3-4-13(9)19-15(11)14(8)17/h3-4,6-8,14-15,17H,5H2,1-2H3/t8-,14+,15-/m1/s1. The Labute approximate surface area is 111 Å². The maximum absolute atomic E-state index is 12.1. The van der Waals surface area contributed by atoms with Crippen LogP contribution in [0, 0.1) is 5.92 Å². The average molecular weight is 260 g/mol. The molecule has 1 saturated carbocycles. The number of hydrogen-bond acceptors (Lipinski definition) is 4. The van der Waals surface area contributed by atoms with E-state index < -0.39 is 12.2 Å². The van der Waals surface area contributed by atoms with Crippen molar-refractivity contribution < 1.29 is 19.4 Å². The molecule has 0 aromatic heterocycles. The molecular weight excluding hydrogens is 244 g/mol. The second-order valence-electron chi connectivity index (χ2n) is 5.14. The fraction of sp³-hybridized carbons (Fsp3) is 0.400. The quantitative estimate of drug-likeness (QED) is 0.836. The van der Waals surface area contributed by atoms with Crippen molar-refractivity contribution in [1.29, 1.82) is 0 Å². The molecule has 19 heavy (non-hydrogen) atoms. The first-order valence-corrected chi connectivity index (χ1v) is 6.37. The Morgan fingerprint density at radius 1 is 1.42 bits per heavy atom. The number of fused-ring (bicyclic) bond motifs is 2. The van der Waals surface area contributed by atoms with Crippen LogP contribution in [0.1, 0.15) is 18.9 Å². The van der Waals surface area contributed by atoms with Crippen LogP contribution >= 0.6 is 0 Å². The molecule has 100 valence electrons. The van der Waals surface area contributed by atoms with E-state index in [0.29, 0.717) is 17.7 Å². The van der Waals surface area contributed by atoms with Crippen molar-refractivity contribution in [3.63, 3.8) is 0 Å². The van der Waals surface area contributed by atoms with Gasteiger partial charge in [0.05, 0.1) is 13.2 Å². The Balaban J connectivity index is 2.05. The molecule has 1 aromatic carbocycles. The third-order valence-electron chi connectivity index (χ3n) is 3.81. The molecule has 0 unspecified atom stereocenters. The summed E-state index contributed by atoms with van der Waals surface area (Å²) in [5.74, 6) is 1.37. The van der Waals surface area contributed by atoms with Crippen LogP contribution in [0.25, 0.3) is 6.08 Å². The van der Waals surface area contributed by atoms with Gasteiger partial charge in [0.2, 0.25) is 0 Å². The van der Waals surface area contributed by atoms with E-state index in [1.807, 2.05) is 19.1 Å². The first-order chi connectivity index (χ1) is 9.10. The summed E-state index contributed by atoms with van der Waals surface area (Å²) in [6.07, 6.45) is 0.992. The van der Waals surface area contributed by atoms with Gasteiger partial charge in [0.15, 0.2) is 11.9 Å². The van der Waals surface area contributed by atoms with Crippen molar-refractivity contribution in [2.24, 2.45) is 5.92 Å². The van der Waals surface area contributed by atoms with Gasteiger partial charge in [0.25, 0.3) is 0 Å². The lowest BCUT2D eigenvalue weighted by atomic mass is 9.79. The van der Waals surface area contributed by atoms with E-state index in [9.17, 15) is 9.90 Å². The molecule has 1 aliphatic carbocycles. The van der Waals surface area contributed by atoms with E-state index in [1.54, 1.807) is 19.2 Å². The Kier molecular flexibility index (Phi) is 2.82. The molecule has 1 aromatic rings. The predicted octanol–water partition coefficient (Wildman–Crippen LogP) is 1.81. The molecule has 0 radical (unpaired) electrons. The van der Waals surface area contributed by atoms with Crippen molar-refractivity contribution in [3.05, 3.63) is 29.3 Å². The van der Waals surface area contributed by atoms with E-state index >= 15 is 0 Å². The molecule has 4 nitrogen and oxygen atoms in total. The molecular formula is C15H16O4. The molecule has 0 bridgehead atoms. The van der Waals surface area contributed by atoms with E-state index in [-0.39, 0.29) is 11.7 Å². The zero-order valence-electron chi connectivity index (χ0n) is 10.9. The third kappa shape index (κ3) is 1.92. The van der Waals surface area contributed by atoms with E-state index in [2.05, 4.69) is 0 Å². The number of aliphatic hydroxyl groups excluding tert-OH is 1. The summed E-state index contributed by atoms with van der Waals surface area (Å²) in [5, 5.41) is 10.2. The van der Waals surface area contributed by atoms with Crippen molar-refractivity contribution in [3.8, 4) is 11.5 Å². The van der Waals surface area contributed by atoms with Crippen LogP contribution in [-0.4, -0.2) is 30.2 Å². The maximum atomic E-state index is 12.1. The molecule has 3 rings (SSSR count). The molecule has 0 saturated heterocycles. The first-order valence-electron chi connectivity index (χ1n) is 6.37. The van der Waals surface area contributed by atoms with Gasteiger partial charge in [-0.25, -0.2) is 0 Å². The highest BCUT2D eigenvalue weighted by molar-refractivity contribution is 6.02. The fourth-order valence-corrected chi connectivity index (χ4v) is 2.65. The lowest BCUT2D eigenvalue weighted by molar-refractivity contribution is -0.122. The number of benzene rings is 1. The highest BCUT2D eigenvalue weighted by Crippen LogP contribution is 2.38. The number of ether oxygens (including phenoxy) is 2. The minimum absolute atomic E-state index is 0.0521. The summed E-state index contributed by atoms with van der Waals surface area (Å²) in [5.41, 5.74) is 1.38. The molecule has 0 spiro atoms. The van der Waals surface area contributed by atoms with Gasteiger partial charge in [0.1, 0.15) is 11.5 Å². The number of carbonyl (C=O) groups is 1. The number of methoxy groups -OCH3 is 1. The molecule has 1 heterocycles. The van der Waals surface area contributed by atoms with Gasteiger partial charge in [-0.15, -0.1) is 0 Å². The number of hydrogen-bond donors (Lipinski definition) is 1. The van der Waals surface area contributed by atoms with Crippen molar-refractivity contribution in [2.75, 3.05) is 7.11 Å². The molecule has 1 N–H and O–H groups in total. The lowest BCUT2D eigenvalue weighted by Gasteiger charge is -2.36. The second kappa shape index (κ2) is 4.38. The fourth-order valence-electron chi connectivity index (χ4n) is 2.65. The highest BCUT2D eigenvalue weighted by Gasteiger charge is 2.41. The molecule has 3 atom stereocenters. The summed E-state index contributed by atoms with van der Waals surface area (Å²) in [6.45, 7) is 1.87. The van der Waals surface area contributed by atoms with Crippen molar-refractivity contribution in [1.82, 2.24) is 0 Å². The summed E-state index contributed by atoms with van der Waals surface area (Å²) < 4.78 is 11.0. The smallest absolute Gasteiger partial charge is 0.163 e. The number of Topliss-reactive ketones (excluding diaryl/α,β-unsaturated/α-hetero) is 1. The zero-order chi connectivity index (χ0) is 13.6.